The van der Waals surface area contributed by atoms with Crippen molar-refractivity contribution in [2.45, 2.75) is 12.3 Å². The zero-order valence-corrected chi connectivity index (χ0v) is 16.8. The molecular weight excluding hydrogens is 419 g/mol. The lowest BCUT2D eigenvalue weighted by atomic mass is 9.92. The largest absolute Gasteiger partial charge is 0.383 e. The molecule has 3 heterocycles. The van der Waals surface area contributed by atoms with Crippen molar-refractivity contribution in [3.8, 4) is 0 Å². The molecule has 0 spiro atoms. The van der Waals surface area contributed by atoms with Crippen LogP contribution in [0, 0.1) is 0 Å². The van der Waals surface area contributed by atoms with Crippen molar-refractivity contribution in [1.82, 2.24) is 9.97 Å². The summed E-state index contributed by atoms with van der Waals surface area (Å²) in [5, 5.41) is 6.20. The Labute approximate surface area is 176 Å². The Hall–Kier alpha value is -2.62. The van der Waals surface area contributed by atoms with E-state index in [2.05, 4.69) is 20.6 Å². The van der Waals surface area contributed by atoms with E-state index in [1.54, 1.807) is 18.2 Å². The number of hydrogen-bond acceptors (Lipinski definition) is 7. The van der Waals surface area contributed by atoms with Gasteiger partial charge < -0.3 is 26.0 Å². The zero-order valence-electron chi connectivity index (χ0n) is 15.2. The molecule has 0 unspecified atom stereocenters. The van der Waals surface area contributed by atoms with Crippen molar-refractivity contribution in [3.63, 3.8) is 0 Å². The molecule has 0 radical (unpaired) electrons. The maximum absolute atomic E-state index is 12.9. The van der Waals surface area contributed by atoms with Gasteiger partial charge in [-0.1, -0.05) is 23.2 Å². The van der Waals surface area contributed by atoms with Gasteiger partial charge in [0.2, 0.25) is 17.8 Å². The van der Waals surface area contributed by atoms with Crippen LogP contribution in [0.15, 0.2) is 18.2 Å². The second-order valence-corrected chi connectivity index (χ2v) is 7.60. The maximum atomic E-state index is 12.9. The van der Waals surface area contributed by atoms with Crippen LogP contribution in [0.5, 0.6) is 0 Å². The Bertz CT molecular complexity index is 960. The lowest BCUT2D eigenvalue weighted by Gasteiger charge is -2.30. The highest BCUT2D eigenvalue weighted by Crippen LogP contribution is 2.37. The average Bonchev–Trinajstić information content (AvgIpc) is 2.66. The lowest BCUT2D eigenvalue weighted by molar-refractivity contribution is -0.123. The highest BCUT2D eigenvalue weighted by molar-refractivity contribution is 6.35. The monoisotopic (exact) mass is 436 g/mol. The molecule has 152 valence electrons. The van der Waals surface area contributed by atoms with Crippen molar-refractivity contribution < 1.29 is 14.3 Å². The molecule has 11 heteroatoms. The Balaban J connectivity index is 1.64. The van der Waals surface area contributed by atoms with Crippen molar-refractivity contribution in [2.24, 2.45) is 0 Å². The standard InChI is InChI=1S/C18H18Cl2N6O3/c19-9-5-10(20)7-11(6-9)22-17(28)12-8-13(27)23-16-14(12)15(21)24-18(25-16)26-1-3-29-4-2-26/h5-7,12H,1-4,8H2,(H,22,28)(H3,21,23,24,25,27)/t12-/m1/s1. The number of nitrogens with one attached hydrogen (secondary N) is 2. The van der Waals surface area contributed by atoms with Crippen molar-refractivity contribution >= 4 is 58.3 Å². The number of benzene rings is 1. The van der Waals surface area contributed by atoms with Gasteiger partial charge in [-0.05, 0) is 18.2 Å². The first kappa shape index (κ1) is 19.7. The fourth-order valence-corrected chi connectivity index (χ4v) is 3.89. The van der Waals surface area contributed by atoms with Crippen LogP contribution in [0.1, 0.15) is 17.9 Å². The van der Waals surface area contributed by atoms with E-state index < -0.39 is 11.8 Å². The summed E-state index contributed by atoms with van der Waals surface area (Å²) in [4.78, 5) is 35.9. The number of nitrogens with two attached hydrogens (primary N) is 1. The van der Waals surface area contributed by atoms with Crippen LogP contribution < -0.4 is 21.3 Å². The van der Waals surface area contributed by atoms with Gasteiger partial charge in [0.05, 0.1) is 24.7 Å². The van der Waals surface area contributed by atoms with Gasteiger partial charge in [-0.15, -0.1) is 0 Å². The number of nitrogen functional groups attached to an aromatic ring is 1. The molecule has 0 saturated carbocycles. The van der Waals surface area contributed by atoms with Gasteiger partial charge in [0, 0.05) is 35.2 Å². The van der Waals surface area contributed by atoms with Gasteiger partial charge in [0.15, 0.2) is 0 Å². The third-order valence-corrected chi connectivity index (χ3v) is 5.14. The van der Waals surface area contributed by atoms with E-state index in [0.717, 1.165) is 0 Å². The number of nitrogens with zero attached hydrogens (tertiary/aromatic N) is 3. The van der Waals surface area contributed by atoms with Crippen molar-refractivity contribution in [2.75, 3.05) is 47.6 Å². The normalized spacial score (nSPS) is 18.8. The van der Waals surface area contributed by atoms with Gasteiger partial charge in [0.25, 0.3) is 0 Å². The first-order chi connectivity index (χ1) is 13.9. The Morgan fingerprint density at radius 1 is 1.21 bits per heavy atom. The third-order valence-electron chi connectivity index (χ3n) is 4.70. The minimum Gasteiger partial charge on any atom is -0.383 e. The van der Waals surface area contributed by atoms with Gasteiger partial charge in [0.1, 0.15) is 11.6 Å². The molecule has 2 aromatic rings. The quantitative estimate of drug-likeness (QED) is 0.673. The first-order valence-electron chi connectivity index (χ1n) is 8.97. The van der Waals surface area contributed by atoms with Gasteiger partial charge in [-0.2, -0.15) is 9.97 Å². The summed E-state index contributed by atoms with van der Waals surface area (Å²) >= 11 is 12.0. The Kier molecular flexibility index (Phi) is 5.44. The van der Waals surface area contributed by atoms with Gasteiger partial charge >= 0.3 is 0 Å². The van der Waals surface area contributed by atoms with Gasteiger partial charge in [-0.3, -0.25) is 9.59 Å². The Morgan fingerprint density at radius 2 is 1.90 bits per heavy atom. The van der Waals surface area contributed by atoms with Crippen LogP contribution >= 0.6 is 23.2 Å². The first-order valence-corrected chi connectivity index (χ1v) is 9.73. The lowest BCUT2D eigenvalue weighted by Crippen LogP contribution is -2.38. The molecule has 4 rings (SSSR count). The fourth-order valence-electron chi connectivity index (χ4n) is 3.37. The van der Waals surface area contributed by atoms with Crippen LogP contribution in [0.25, 0.3) is 0 Å². The predicted molar refractivity (Wildman–Crippen MR) is 111 cm³/mol. The number of aromatic nitrogens is 2. The summed E-state index contributed by atoms with van der Waals surface area (Å²) in [5.41, 5.74) is 7.00. The molecule has 1 aromatic carbocycles. The molecule has 2 aliphatic rings. The summed E-state index contributed by atoms with van der Waals surface area (Å²) in [7, 11) is 0. The molecule has 2 amide bonds. The molecule has 1 atom stereocenters. The van der Waals surface area contributed by atoms with Crippen LogP contribution in [0.4, 0.5) is 23.3 Å². The summed E-state index contributed by atoms with van der Waals surface area (Å²) in [6.07, 6.45) is -0.0718. The molecule has 1 aromatic heterocycles. The molecular formula is C18H18Cl2N6O3. The predicted octanol–water partition coefficient (Wildman–Crippen LogP) is 2.27. The number of carbonyl (C=O) groups excluding carboxylic acids is 2. The highest BCUT2D eigenvalue weighted by Gasteiger charge is 2.35. The number of fused-ring (bicyclic) bond motifs is 1. The van der Waals surface area contributed by atoms with Crippen LogP contribution in [0.2, 0.25) is 10.0 Å². The number of rotatable bonds is 3. The average molecular weight is 437 g/mol. The number of amides is 2. The minimum absolute atomic E-state index is 0.0718. The van der Waals surface area contributed by atoms with E-state index in [9.17, 15) is 9.59 Å². The van der Waals surface area contributed by atoms with Crippen LogP contribution in [-0.2, 0) is 14.3 Å². The number of anilines is 4. The van der Waals surface area contributed by atoms with E-state index in [1.807, 2.05) is 4.90 Å². The summed E-state index contributed by atoms with van der Waals surface area (Å²) in [6.45, 7) is 2.34. The molecule has 0 bridgehead atoms. The van der Waals surface area contributed by atoms with E-state index >= 15 is 0 Å². The van der Waals surface area contributed by atoms with E-state index in [4.69, 9.17) is 33.7 Å². The third kappa shape index (κ3) is 4.21. The van der Waals surface area contributed by atoms with Crippen LogP contribution in [0.3, 0.4) is 0 Å². The summed E-state index contributed by atoms with van der Waals surface area (Å²) in [6, 6.07) is 4.69. The van der Waals surface area contributed by atoms with Crippen molar-refractivity contribution in [1.29, 1.82) is 0 Å². The number of halogens is 2. The molecule has 0 aliphatic carbocycles. The van der Waals surface area contributed by atoms with E-state index in [-0.39, 0.29) is 24.0 Å². The highest BCUT2D eigenvalue weighted by atomic mass is 35.5. The molecule has 1 saturated heterocycles. The molecule has 1 fully saturated rings. The van der Waals surface area contributed by atoms with E-state index in [0.29, 0.717) is 53.5 Å². The zero-order chi connectivity index (χ0) is 20.5. The smallest absolute Gasteiger partial charge is 0.232 e. The maximum Gasteiger partial charge on any atom is 0.232 e. The van der Waals surface area contributed by atoms with Crippen molar-refractivity contribution in [3.05, 3.63) is 33.8 Å². The molecule has 29 heavy (non-hydrogen) atoms. The Morgan fingerprint density at radius 3 is 2.59 bits per heavy atom. The number of hydrogen-bond donors (Lipinski definition) is 3. The van der Waals surface area contributed by atoms with Crippen LogP contribution in [-0.4, -0.2) is 48.1 Å². The van der Waals surface area contributed by atoms with E-state index in [1.165, 1.54) is 0 Å². The number of morpholine rings is 1. The SMILES string of the molecule is Nc1nc(N2CCOCC2)nc2c1[C@H](C(=O)Nc1cc(Cl)cc(Cl)c1)CC(=O)N2. The minimum atomic E-state index is -0.838. The summed E-state index contributed by atoms with van der Waals surface area (Å²) < 4.78 is 5.33. The molecule has 9 nitrogen and oxygen atoms in total. The second kappa shape index (κ2) is 8.02. The topological polar surface area (TPSA) is 122 Å². The molecule has 2 aliphatic heterocycles. The van der Waals surface area contributed by atoms with Gasteiger partial charge in [-0.25, -0.2) is 0 Å². The summed E-state index contributed by atoms with van der Waals surface area (Å²) in [5.74, 6) is -0.787. The fraction of sp³-hybridized carbons (Fsp3) is 0.333. The molecule has 4 N–H and O–H groups in total. The second-order valence-electron chi connectivity index (χ2n) is 6.72. The number of carbonyl (C=O) groups is 2. The number of ether oxygens (including phenoxy) is 1.